The SMILES string of the molecule is CCCCCCC/C=C\C/C=C\C/C=C\CCCCCCCCCCCCC(=O)OC(COCCCCCCCCCCCCCCCCCCCCCCCCCCC)COC1OC(COC2OC(CO)C(O)C(O)C2O)C(O)C(O)C1O. The number of hydrogen-bond acceptors (Lipinski definition) is 14. The van der Waals surface area contributed by atoms with Crippen LogP contribution in [0.5, 0.6) is 0 Å². The van der Waals surface area contributed by atoms with E-state index in [-0.39, 0.29) is 25.6 Å². The lowest BCUT2D eigenvalue weighted by atomic mass is 9.98. The quantitative estimate of drug-likeness (QED) is 0.0171. The van der Waals surface area contributed by atoms with E-state index in [1.54, 1.807) is 0 Å². The molecular formula is C70H130O14. The number of ether oxygens (including phenoxy) is 6. The minimum absolute atomic E-state index is 0.0642. The first-order chi connectivity index (χ1) is 41.1. The topological polar surface area (TPSA) is 214 Å². The summed E-state index contributed by atoms with van der Waals surface area (Å²) in [5.41, 5.74) is 0. The number of aliphatic hydroxyl groups is 7. The van der Waals surface area contributed by atoms with Gasteiger partial charge in [0.05, 0.1) is 26.4 Å². The summed E-state index contributed by atoms with van der Waals surface area (Å²) in [6.45, 7) is 3.75. The maximum Gasteiger partial charge on any atom is 0.306 e. The number of allylic oxidation sites excluding steroid dienone is 6. The van der Waals surface area contributed by atoms with Gasteiger partial charge in [-0.3, -0.25) is 4.79 Å². The molecule has 0 aliphatic carbocycles. The van der Waals surface area contributed by atoms with Crippen molar-refractivity contribution in [2.75, 3.05) is 33.0 Å². The minimum Gasteiger partial charge on any atom is -0.457 e. The minimum atomic E-state index is -1.71. The average Bonchev–Trinajstić information content (AvgIpc) is 3.67. The summed E-state index contributed by atoms with van der Waals surface area (Å²) < 4.78 is 34.6. The second-order valence-electron chi connectivity index (χ2n) is 24.7. The van der Waals surface area contributed by atoms with Gasteiger partial charge in [-0.05, 0) is 51.4 Å². The summed E-state index contributed by atoms with van der Waals surface area (Å²) in [5.74, 6) is -0.374. The smallest absolute Gasteiger partial charge is 0.306 e. The van der Waals surface area contributed by atoms with Crippen LogP contribution in [0.3, 0.4) is 0 Å². The van der Waals surface area contributed by atoms with Crippen molar-refractivity contribution < 1.29 is 69.0 Å². The molecule has 14 heteroatoms. The Bertz CT molecular complexity index is 1530. The molecule has 14 nitrogen and oxygen atoms in total. The molecule has 2 heterocycles. The van der Waals surface area contributed by atoms with E-state index >= 15 is 0 Å². The van der Waals surface area contributed by atoms with Crippen molar-refractivity contribution >= 4 is 5.97 Å². The van der Waals surface area contributed by atoms with Gasteiger partial charge in [-0.15, -0.1) is 0 Å². The van der Waals surface area contributed by atoms with E-state index in [0.29, 0.717) is 13.0 Å². The summed E-state index contributed by atoms with van der Waals surface area (Å²) in [5, 5.41) is 72.6. The molecule has 0 radical (unpaired) electrons. The monoisotopic (exact) mass is 1190 g/mol. The molecule has 2 fully saturated rings. The van der Waals surface area contributed by atoms with Crippen LogP contribution in [-0.2, 0) is 33.2 Å². The van der Waals surface area contributed by atoms with Crippen molar-refractivity contribution in [1.82, 2.24) is 0 Å². The van der Waals surface area contributed by atoms with Gasteiger partial charge in [-0.25, -0.2) is 0 Å². The van der Waals surface area contributed by atoms with Crippen LogP contribution in [0.15, 0.2) is 36.5 Å². The molecule has 0 amide bonds. The van der Waals surface area contributed by atoms with Crippen LogP contribution in [0.2, 0.25) is 0 Å². The van der Waals surface area contributed by atoms with Gasteiger partial charge in [0.15, 0.2) is 12.6 Å². The van der Waals surface area contributed by atoms with Crippen molar-refractivity contribution in [3.63, 3.8) is 0 Å². The lowest BCUT2D eigenvalue weighted by Gasteiger charge is -2.42. The van der Waals surface area contributed by atoms with Crippen LogP contribution >= 0.6 is 0 Å². The lowest BCUT2D eigenvalue weighted by Crippen LogP contribution is -2.61. The summed E-state index contributed by atoms with van der Waals surface area (Å²) in [4.78, 5) is 13.2. The van der Waals surface area contributed by atoms with Crippen LogP contribution in [0.25, 0.3) is 0 Å². The Morgan fingerprint density at radius 2 is 0.738 bits per heavy atom. The molecule has 7 N–H and O–H groups in total. The highest BCUT2D eigenvalue weighted by Gasteiger charge is 2.47. The van der Waals surface area contributed by atoms with Gasteiger partial charge in [0.1, 0.15) is 54.9 Å². The normalized spacial score (nSPS) is 23.4. The largest absolute Gasteiger partial charge is 0.457 e. The van der Waals surface area contributed by atoms with Crippen molar-refractivity contribution in [1.29, 1.82) is 0 Å². The van der Waals surface area contributed by atoms with Crippen molar-refractivity contribution in [3.05, 3.63) is 36.5 Å². The lowest BCUT2D eigenvalue weighted by molar-refractivity contribution is -0.332. The summed E-state index contributed by atoms with van der Waals surface area (Å²) in [6, 6.07) is 0. The molecule has 0 aromatic carbocycles. The molecule has 11 unspecified atom stereocenters. The number of carbonyl (C=O) groups is 1. The molecule has 0 bridgehead atoms. The van der Waals surface area contributed by atoms with Crippen molar-refractivity contribution in [2.24, 2.45) is 0 Å². The summed E-state index contributed by atoms with van der Waals surface area (Å²) >= 11 is 0. The van der Waals surface area contributed by atoms with Gasteiger partial charge in [0, 0.05) is 13.0 Å². The third-order valence-electron chi connectivity index (χ3n) is 16.9. The number of aliphatic hydroxyl groups excluding tert-OH is 7. The molecule has 494 valence electrons. The molecule has 11 atom stereocenters. The van der Waals surface area contributed by atoms with Gasteiger partial charge in [-0.2, -0.15) is 0 Å². The first-order valence-corrected chi connectivity index (χ1v) is 35.1. The molecule has 0 aromatic rings. The predicted octanol–water partition coefficient (Wildman–Crippen LogP) is 14.8. The molecule has 2 rings (SSSR count). The van der Waals surface area contributed by atoms with E-state index in [1.165, 1.54) is 218 Å². The molecule has 84 heavy (non-hydrogen) atoms. The fraction of sp³-hybridized carbons (Fsp3) is 0.900. The predicted molar refractivity (Wildman–Crippen MR) is 340 cm³/mol. The van der Waals surface area contributed by atoms with E-state index in [4.69, 9.17) is 28.4 Å². The van der Waals surface area contributed by atoms with E-state index in [0.717, 1.165) is 57.8 Å². The maximum absolute atomic E-state index is 13.2. The number of rotatable bonds is 59. The van der Waals surface area contributed by atoms with Gasteiger partial charge >= 0.3 is 5.97 Å². The van der Waals surface area contributed by atoms with Gasteiger partial charge < -0.3 is 64.2 Å². The zero-order chi connectivity index (χ0) is 60.8. The first kappa shape index (κ1) is 78.3. The van der Waals surface area contributed by atoms with Crippen LogP contribution in [0.4, 0.5) is 0 Å². The van der Waals surface area contributed by atoms with Crippen LogP contribution in [-0.4, -0.2) is 142 Å². The Morgan fingerprint density at radius 1 is 0.393 bits per heavy atom. The second kappa shape index (κ2) is 56.4. The highest BCUT2D eigenvalue weighted by atomic mass is 16.7. The molecule has 0 saturated carbocycles. The molecule has 0 spiro atoms. The number of unbranched alkanes of at least 4 members (excludes halogenated alkanes) is 39. The number of carbonyl (C=O) groups excluding carboxylic acids is 1. The van der Waals surface area contributed by atoms with Gasteiger partial charge in [0.2, 0.25) is 0 Å². The standard InChI is InChI=1S/C70H130O14/c1-3-5-7-9-11-13-15-17-19-21-23-25-27-29-31-33-35-37-39-41-43-45-47-49-51-53-62(72)82-59(57-80-69-68(78)66(76)64(74)61(84-69)58-81-70-67(77)65(75)63(73)60(55-71)83-70)56-79-54-52-50-48-46-44-42-40-38-36-34-32-30-28-26-24-22-20-18-16-14-12-10-8-6-4-2/h15,17,21,23,27,29,59-61,63-71,73-78H,3-14,16,18-20,22,24-26,28,30-58H2,1-2H3/b17-15-,23-21-,29-27-. The molecule has 0 aromatic heterocycles. The van der Waals surface area contributed by atoms with Crippen molar-refractivity contribution in [2.45, 2.75) is 370 Å². The molecule has 2 saturated heterocycles. The summed E-state index contributed by atoms with van der Waals surface area (Å²) in [6.07, 6.45) is 53.6. The van der Waals surface area contributed by atoms with Crippen LogP contribution < -0.4 is 0 Å². The first-order valence-electron chi connectivity index (χ1n) is 35.1. The van der Waals surface area contributed by atoms with E-state index in [9.17, 15) is 40.5 Å². The fourth-order valence-electron chi connectivity index (χ4n) is 11.3. The van der Waals surface area contributed by atoms with E-state index in [2.05, 4.69) is 50.3 Å². The molecule has 2 aliphatic heterocycles. The Morgan fingerprint density at radius 3 is 1.15 bits per heavy atom. The zero-order valence-electron chi connectivity index (χ0n) is 53.7. The summed E-state index contributed by atoms with van der Waals surface area (Å²) in [7, 11) is 0. The Labute approximate surface area is 512 Å². The average molecular weight is 1200 g/mol. The third kappa shape index (κ3) is 41.4. The van der Waals surface area contributed by atoms with Gasteiger partial charge in [-0.1, -0.05) is 281 Å². The highest BCUT2D eigenvalue weighted by Crippen LogP contribution is 2.27. The fourth-order valence-corrected chi connectivity index (χ4v) is 11.3. The Hall–Kier alpha value is -1.79. The zero-order valence-corrected chi connectivity index (χ0v) is 53.7. The molecule has 2 aliphatic rings. The maximum atomic E-state index is 13.2. The second-order valence-corrected chi connectivity index (χ2v) is 24.7. The van der Waals surface area contributed by atoms with Crippen molar-refractivity contribution in [3.8, 4) is 0 Å². The van der Waals surface area contributed by atoms with E-state index < -0.39 is 80.7 Å². The third-order valence-corrected chi connectivity index (χ3v) is 16.9. The van der Waals surface area contributed by atoms with Crippen LogP contribution in [0, 0.1) is 0 Å². The number of esters is 1. The van der Waals surface area contributed by atoms with E-state index in [1.807, 2.05) is 0 Å². The van der Waals surface area contributed by atoms with Crippen LogP contribution in [0.1, 0.15) is 303 Å². The molecular weight excluding hydrogens is 1060 g/mol. The highest BCUT2D eigenvalue weighted by molar-refractivity contribution is 5.69. The Kier molecular flexibility index (Phi) is 52.6. The Balaban J connectivity index is 1.64. The van der Waals surface area contributed by atoms with Gasteiger partial charge in [0.25, 0.3) is 0 Å². The number of hydrogen-bond donors (Lipinski definition) is 7.